The van der Waals surface area contributed by atoms with Crippen molar-refractivity contribution in [2.75, 3.05) is 6.54 Å². The Kier molecular flexibility index (Phi) is 4.34. The van der Waals surface area contributed by atoms with E-state index in [9.17, 15) is 14.7 Å². The first-order valence-corrected chi connectivity index (χ1v) is 7.38. The highest BCUT2D eigenvalue weighted by atomic mass is 16.5. The molecule has 6 heteroatoms. The van der Waals surface area contributed by atoms with Gasteiger partial charge in [-0.05, 0) is 33.1 Å². The third kappa shape index (κ3) is 2.66. The number of aromatic nitrogens is 1. The molecule has 0 bridgehead atoms. The second-order valence-electron chi connectivity index (χ2n) is 5.72. The molecular formula is C15H22N2O4. The lowest BCUT2D eigenvalue weighted by molar-refractivity contribution is -0.156. The summed E-state index contributed by atoms with van der Waals surface area (Å²) in [6, 6.07) is 0. The maximum absolute atomic E-state index is 12.6. The van der Waals surface area contributed by atoms with E-state index in [2.05, 4.69) is 5.16 Å². The highest BCUT2D eigenvalue weighted by Gasteiger charge is 2.49. The van der Waals surface area contributed by atoms with Gasteiger partial charge in [-0.1, -0.05) is 18.5 Å². The molecule has 116 valence electrons. The second-order valence-corrected chi connectivity index (χ2v) is 5.72. The molecule has 1 saturated heterocycles. The summed E-state index contributed by atoms with van der Waals surface area (Å²) in [4.78, 5) is 25.9. The van der Waals surface area contributed by atoms with Crippen LogP contribution in [0.1, 0.15) is 49.6 Å². The van der Waals surface area contributed by atoms with Crippen LogP contribution in [0, 0.1) is 13.8 Å². The number of likely N-dealkylation sites (tertiary alicyclic amines) is 1. The summed E-state index contributed by atoms with van der Waals surface area (Å²) in [7, 11) is 0. The van der Waals surface area contributed by atoms with Crippen molar-refractivity contribution in [1.82, 2.24) is 10.1 Å². The number of carboxylic acid groups (broad SMARTS) is 1. The van der Waals surface area contributed by atoms with Crippen molar-refractivity contribution in [3.63, 3.8) is 0 Å². The summed E-state index contributed by atoms with van der Waals surface area (Å²) in [5.74, 6) is -0.428. The van der Waals surface area contributed by atoms with E-state index < -0.39 is 11.5 Å². The Morgan fingerprint density at radius 3 is 2.67 bits per heavy atom. The molecule has 1 unspecified atom stereocenters. The zero-order chi connectivity index (χ0) is 15.6. The summed E-state index contributed by atoms with van der Waals surface area (Å²) in [5, 5.41) is 13.5. The van der Waals surface area contributed by atoms with Gasteiger partial charge in [0.15, 0.2) is 0 Å². The molecule has 1 atom stereocenters. The monoisotopic (exact) mass is 294 g/mol. The standard InChI is InChI=1S/C15H22N2O4/c1-4-6-15(14(19)20)7-5-8-17(15)13(18)9-12-10(2)16-21-11(12)3/h4-9H2,1-3H3,(H,19,20). The smallest absolute Gasteiger partial charge is 0.329 e. The highest BCUT2D eigenvalue weighted by Crippen LogP contribution is 2.34. The lowest BCUT2D eigenvalue weighted by Gasteiger charge is -2.34. The van der Waals surface area contributed by atoms with E-state index in [0.717, 1.165) is 18.4 Å². The topological polar surface area (TPSA) is 83.6 Å². The summed E-state index contributed by atoms with van der Waals surface area (Å²) < 4.78 is 5.07. The van der Waals surface area contributed by atoms with Crippen LogP contribution >= 0.6 is 0 Å². The van der Waals surface area contributed by atoms with Gasteiger partial charge in [0.2, 0.25) is 5.91 Å². The van der Waals surface area contributed by atoms with E-state index in [0.29, 0.717) is 30.8 Å². The Bertz CT molecular complexity index is 532. The van der Waals surface area contributed by atoms with Crippen LogP contribution in [-0.4, -0.2) is 39.1 Å². The van der Waals surface area contributed by atoms with E-state index in [1.165, 1.54) is 0 Å². The molecule has 1 amide bonds. The van der Waals surface area contributed by atoms with Gasteiger partial charge in [0.1, 0.15) is 11.3 Å². The van der Waals surface area contributed by atoms with Gasteiger partial charge in [-0.25, -0.2) is 4.79 Å². The molecule has 21 heavy (non-hydrogen) atoms. The van der Waals surface area contributed by atoms with Gasteiger partial charge in [-0.3, -0.25) is 4.79 Å². The van der Waals surface area contributed by atoms with Crippen molar-refractivity contribution >= 4 is 11.9 Å². The van der Waals surface area contributed by atoms with Crippen LogP contribution < -0.4 is 0 Å². The molecule has 1 aliphatic rings. The van der Waals surface area contributed by atoms with Crippen LogP contribution in [-0.2, 0) is 16.0 Å². The third-order valence-corrected chi connectivity index (χ3v) is 4.36. The largest absolute Gasteiger partial charge is 0.479 e. The first-order chi connectivity index (χ1) is 9.92. The van der Waals surface area contributed by atoms with E-state index >= 15 is 0 Å². The summed E-state index contributed by atoms with van der Waals surface area (Å²) >= 11 is 0. The van der Waals surface area contributed by atoms with Gasteiger partial charge in [0, 0.05) is 12.1 Å². The predicted molar refractivity (Wildman–Crippen MR) is 75.9 cm³/mol. The minimum atomic E-state index is -1.04. The minimum Gasteiger partial charge on any atom is -0.479 e. The third-order valence-electron chi connectivity index (χ3n) is 4.36. The van der Waals surface area contributed by atoms with Crippen LogP contribution in [0.2, 0.25) is 0 Å². The number of carbonyl (C=O) groups is 2. The molecule has 1 fully saturated rings. The Balaban J connectivity index is 2.23. The van der Waals surface area contributed by atoms with Crippen molar-refractivity contribution in [3.8, 4) is 0 Å². The maximum atomic E-state index is 12.6. The van der Waals surface area contributed by atoms with Crippen molar-refractivity contribution in [3.05, 3.63) is 17.0 Å². The average Bonchev–Trinajstić information content (AvgIpc) is 2.98. The van der Waals surface area contributed by atoms with Crippen LogP contribution in [0.3, 0.4) is 0 Å². The molecule has 0 aliphatic carbocycles. The van der Waals surface area contributed by atoms with Gasteiger partial charge < -0.3 is 14.5 Å². The maximum Gasteiger partial charge on any atom is 0.329 e. The Morgan fingerprint density at radius 2 is 2.14 bits per heavy atom. The van der Waals surface area contributed by atoms with Crippen LogP contribution in [0.4, 0.5) is 0 Å². The van der Waals surface area contributed by atoms with Crippen molar-refractivity contribution in [2.45, 2.75) is 58.4 Å². The highest BCUT2D eigenvalue weighted by molar-refractivity contribution is 5.89. The second kappa shape index (κ2) is 5.87. The SMILES string of the molecule is CCCC1(C(=O)O)CCCN1C(=O)Cc1c(C)noc1C. The lowest BCUT2D eigenvalue weighted by Crippen LogP contribution is -2.53. The predicted octanol–water partition coefficient (Wildman–Crippen LogP) is 2.08. The van der Waals surface area contributed by atoms with E-state index in [1.54, 1.807) is 18.7 Å². The zero-order valence-electron chi connectivity index (χ0n) is 12.8. The van der Waals surface area contributed by atoms with E-state index in [4.69, 9.17) is 4.52 Å². The molecule has 1 aliphatic heterocycles. The number of hydrogen-bond acceptors (Lipinski definition) is 4. The van der Waals surface area contributed by atoms with Gasteiger partial charge >= 0.3 is 5.97 Å². The molecule has 6 nitrogen and oxygen atoms in total. The van der Waals surface area contributed by atoms with Crippen LogP contribution in [0.15, 0.2) is 4.52 Å². The number of carboxylic acids is 1. The van der Waals surface area contributed by atoms with E-state index in [1.807, 2.05) is 6.92 Å². The van der Waals surface area contributed by atoms with Gasteiger partial charge in [-0.2, -0.15) is 0 Å². The van der Waals surface area contributed by atoms with Gasteiger partial charge in [-0.15, -0.1) is 0 Å². The molecule has 2 rings (SSSR count). The van der Waals surface area contributed by atoms with Crippen LogP contribution in [0.5, 0.6) is 0 Å². The number of aryl methyl sites for hydroxylation is 2. The number of rotatable bonds is 5. The fourth-order valence-electron chi connectivity index (χ4n) is 3.25. The molecule has 0 spiro atoms. The van der Waals surface area contributed by atoms with Gasteiger partial charge in [0.25, 0.3) is 0 Å². The van der Waals surface area contributed by atoms with Crippen LogP contribution in [0.25, 0.3) is 0 Å². The Hall–Kier alpha value is -1.85. The molecule has 1 aromatic rings. The normalized spacial score (nSPS) is 21.8. The first-order valence-electron chi connectivity index (χ1n) is 7.38. The van der Waals surface area contributed by atoms with Gasteiger partial charge in [0.05, 0.1) is 12.1 Å². The van der Waals surface area contributed by atoms with E-state index in [-0.39, 0.29) is 12.3 Å². The first kappa shape index (κ1) is 15.5. The zero-order valence-corrected chi connectivity index (χ0v) is 12.8. The molecule has 0 saturated carbocycles. The quantitative estimate of drug-likeness (QED) is 0.898. The summed E-state index contributed by atoms with van der Waals surface area (Å²) in [6.45, 7) is 6.01. The molecule has 1 N–H and O–H groups in total. The van der Waals surface area contributed by atoms with Crippen molar-refractivity contribution in [2.24, 2.45) is 0 Å². The fourth-order valence-corrected chi connectivity index (χ4v) is 3.25. The number of nitrogens with zero attached hydrogens (tertiary/aromatic N) is 2. The molecule has 0 radical (unpaired) electrons. The number of aliphatic carboxylic acids is 1. The molecule has 0 aromatic carbocycles. The molecule has 2 heterocycles. The minimum absolute atomic E-state index is 0.153. The number of amides is 1. The lowest BCUT2D eigenvalue weighted by atomic mass is 9.90. The Labute approximate surface area is 124 Å². The van der Waals surface area contributed by atoms with Crippen molar-refractivity contribution in [1.29, 1.82) is 0 Å². The molecule has 1 aromatic heterocycles. The average molecular weight is 294 g/mol. The number of hydrogen-bond donors (Lipinski definition) is 1. The molecular weight excluding hydrogens is 272 g/mol. The Morgan fingerprint density at radius 1 is 1.43 bits per heavy atom. The van der Waals surface area contributed by atoms with Crippen molar-refractivity contribution < 1.29 is 19.2 Å². The summed E-state index contributed by atoms with van der Waals surface area (Å²) in [5.41, 5.74) is 0.421. The number of carbonyl (C=O) groups excluding carboxylic acids is 1. The summed E-state index contributed by atoms with van der Waals surface area (Å²) in [6.07, 6.45) is 2.65. The fraction of sp³-hybridized carbons (Fsp3) is 0.667.